The SMILES string of the molecule is CC(C)(C)OC(=O)N(N)c1ccc(C(=O)N[C@@H](Cc2ccccc2)C(=O)NCCCCC[C]=O)cn1. The van der Waals surface area contributed by atoms with Crippen LogP contribution in [0.25, 0.3) is 0 Å². The molecule has 10 nitrogen and oxygen atoms in total. The minimum absolute atomic E-state index is 0.103. The van der Waals surface area contributed by atoms with Crippen molar-refractivity contribution in [2.24, 2.45) is 5.84 Å². The number of hydrazine groups is 1. The molecule has 193 valence electrons. The molecular weight excluding hydrogens is 462 g/mol. The fourth-order valence-corrected chi connectivity index (χ4v) is 3.20. The van der Waals surface area contributed by atoms with Crippen LogP contribution in [0.5, 0.6) is 0 Å². The minimum Gasteiger partial charge on any atom is -0.442 e. The Balaban J connectivity index is 2.04. The van der Waals surface area contributed by atoms with Crippen molar-refractivity contribution in [3.63, 3.8) is 0 Å². The Kier molecular flexibility index (Phi) is 11.0. The van der Waals surface area contributed by atoms with Crippen molar-refractivity contribution in [2.75, 3.05) is 11.6 Å². The number of hydrogen-bond acceptors (Lipinski definition) is 7. The maximum Gasteiger partial charge on any atom is 0.430 e. The van der Waals surface area contributed by atoms with Gasteiger partial charge in [-0.3, -0.25) is 14.4 Å². The van der Waals surface area contributed by atoms with Gasteiger partial charge in [-0.25, -0.2) is 15.6 Å². The van der Waals surface area contributed by atoms with Crippen LogP contribution in [0.2, 0.25) is 0 Å². The highest BCUT2D eigenvalue weighted by Crippen LogP contribution is 2.14. The van der Waals surface area contributed by atoms with Gasteiger partial charge in [0.1, 0.15) is 11.6 Å². The third-order valence-electron chi connectivity index (χ3n) is 5.01. The van der Waals surface area contributed by atoms with Gasteiger partial charge in [0.05, 0.1) is 5.56 Å². The lowest BCUT2D eigenvalue weighted by atomic mass is 10.0. The number of hydrogen-bond donors (Lipinski definition) is 3. The Morgan fingerprint density at radius 2 is 1.81 bits per heavy atom. The number of carbonyl (C=O) groups is 3. The summed E-state index contributed by atoms with van der Waals surface area (Å²) in [6.45, 7) is 5.59. The van der Waals surface area contributed by atoms with E-state index in [9.17, 15) is 19.2 Å². The zero-order chi connectivity index (χ0) is 26.6. The van der Waals surface area contributed by atoms with Crippen LogP contribution in [0.1, 0.15) is 62.4 Å². The second-order valence-electron chi connectivity index (χ2n) is 9.22. The van der Waals surface area contributed by atoms with Crippen molar-refractivity contribution in [1.82, 2.24) is 15.6 Å². The van der Waals surface area contributed by atoms with E-state index in [1.165, 1.54) is 18.3 Å². The molecule has 1 aromatic carbocycles. The molecular formula is C26H34N5O5. The highest BCUT2D eigenvalue weighted by atomic mass is 16.6. The smallest absolute Gasteiger partial charge is 0.430 e. The molecule has 0 aliphatic heterocycles. The van der Waals surface area contributed by atoms with Gasteiger partial charge in [0.15, 0.2) is 12.1 Å². The van der Waals surface area contributed by atoms with Crippen LogP contribution in [-0.2, 0) is 20.7 Å². The van der Waals surface area contributed by atoms with Crippen molar-refractivity contribution in [2.45, 2.75) is 64.5 Å². The maximum atomic E-state index is 12.9. The number of nitrogens with two attached hydrogens (primary N) is 1. The lowest BCUT2D eigenvalue weighted by Gasteiger charge is -2.23. The molecule has 4 N–H and O–H groups in total. The molecule has 10 heteroatoms. The number of unbranched alkanes of at least 4 members (excludes halogenated alkanes) is 3. The van der Waals surface area contributed by atoms with Crippen LogP contribution in [0.15, 0.2) is 48.7 Å². The van der Waals surface area contributed by atoms with Gasteiger partial charge in [-0.05, 0) is 51.3 Å². The summed E-state index contributed by atoms with van der Waals surface area (Å²) < 4.78 is 5.21. The molecule has 0 spiro atoms. The number of carbonyl (C=O) groups excluding carboxylic acids is 4. The summed E-state index contributed by atoms with van der Waals surface area (Å²) >= 11 is 0. The molecule has 0 unspecified atom stereocenters. The summed E-state index contributed by atoms with van der Waals surface area (Å²) in [6, 6.07) is 11.4. The molecule has 1 atom stereocenters. The standard InChI is InChI=1S/C26H34N5O5/c1-26(2,3)36-25(35)31(27)22-14-13-20(18-29-22)23(33)30-21(17-19-11-7-6-8-12-19)24(34)28-15-9-4-5-10-16-32/h6-8,11-14,18,21H,4-5,9-10,15,17,27H2,1-3H3,(H,28,34)(H,30,33)/t21-/m0/s1. The molecule has 3 amide bonds. The molecule has 2 aromatic rings. The number of benzene rings is 1. The van der Waals surface area contributed by atoms with E-state index in [2.05, 4.69) is 15.6 Å². The number of pyridine rings is 1. The van der Waals surface area contributed by atoms with Crippen molar-refractivity contribution >= 4 is 30.0 Å². The zero-order valence-corrected chi connectivity index (χ0v) is 21.0. The normalized spacial score (nSPS) is 11.8. The molecule has 1 radical (unpaired) electrons. The summed E-state index contributed by atoms with van der Waals surface area (Å²) in [5.41, 5.74) is 0.369. The van der Waals surface area contributed by atoms with Crippen molar-refractivity contribution in [3.05, 3.63) is 59.8 Å². The largest absolute Gasteiger partial charge is 0.442 e. The Morgan fingerprint density at radius 3 is 2.42 bits per heavy atom. The van der Waals surface area contributed by atoms with Gasteiger partial charge in [0.2, 0.25) is 5.91 Å². The van der Waals surface area contributed by atoms with Crippen LogP contribution in [-0.4, -0.2) is 47.4 Å². The van der Waals surface area contributed by atoms with E-state index in [-0.39, 0.29) is 17.3 Å². The number of nitrogens with zero attached hydrogens (tertiary/aromatic N) is 2. The average Bonchev–Trinajstić information content (AvgIpc) is 2.84. The van der Waals surface area contributed by atoms with E-state index in [1.807, 2.05) is 36.6 Å². The summed E-state index contributed by atoms with van der Waals surface area (Å²) in [7, 11) is 0. The predicted octanol–water partition coefficient (Wildman–Crippen LogP) is 2.82. The van der Waals surface area contributed by atoms with E-state index in [4.69, 9.17) is 10.6 Å². The Labute approximate surface area is 211 Å². The number of amides is 3. The van der Waals surface area contributed by atoms with Gasteiger partial charge in [-0.2, -0.15) is 5.01 Å². The molecule has 1 heterocycles. The van der Waals surface area contributed by atoms with E-state index in [1.54, 1.807) is 20.8 Å². The molecule has 0 aliphatic rings. The summed E-state index contributed by atoms with van der Waals surface area (Å²) in [5.74, 6) is 5.09. The quantitative estimate of drug-likeness (QED) is 0.177. The lowest BCUT2D eigenvalue weighted by Crippen LogP contribution is -2.48. The second-order valence-corrected chi connectivity index (χ2v) is 9.22. The number of rotatable bonds is 12. The number of aromatic nitrogens is 1. The van der Waals surface area contributed by atoms with Gasteiger partial charge in [-0.15, -0.1) is 0 Å². The van der Waals surface area contributed by atoms with Crippen LogP contribution in [0.3, 0.4) is 0 Å². The van der Waals surface area contributed by atoms with Crippen LogP contribution in [0, 0.1) is 0 Å². The number of anilines is 1. The first kappa shape index (κ1) is 28.4. The van der Waals surface area contributed by atoms with E-state index in [0.29, 0.717) is 19.4 Å². The lowest BCUT2D eigenvalue weighted by molar-refractivity contribution is -0.122. The highest BCUT2D eigenvalue weighted by molar-refractivity contribution is 5.97. The molecule has 0 saturated heterocycles. The van der Waals surface area contributed by atoms with Gasteiger partial charge in [0, 0.05) is 25.6 Å². The zero-order valence-electron chi connectivity index (χ0n) is 21.0. The monoisotopic (exact) mass is 496 g/mol. The van der Waals surface area contributed by atoms with Crippen molar-refractivity contribution in [1.29, 1.82) is 0 Å². The molecule has 0 fully saturated rings. The summed E-state index contributed by atoms with van der Waals surface area (Å²) in [6.07, 6.45) is 5.27. The first-order chi connectivity index (χ1) is 17.1. The van der Waals surface area contributed by atoms with E-state index in [0.717, 1.165) is 29.8 Å². The number of ether oxygens (including phenoxy) is 1. The Bertz CT molecular complexity index is 1010. The summed E-state index contributed by atoms with van der Waals surface area (Å²) in [5, 5.41) is 6.37. The minimum atomic E-state index is -0.810. The third-order valence-corrected chi connectivity index (χ3v) is 5.01. The molecule has 1 aromatic heterocycles. The fourth-order valence-electron chi connectivity index (χ4n) is 3.20. The van der Waals surface area contributed by atoms with Gasteiger partial charge in [-0.1, -0.05) is 36.8 Å². The van der Waals surface area contributed by atoms with E-state index < -0.39 is 23.6 Å². The highest BCUT2D eigenvalue weighted by Gasteiger charge is 2.24. The molecule has 0 bridgehead atoms. The molecule has 2 rings (SSSR count). The third kappa shape index (κ3) is 9.83. The fraction of sp³-hybridized carbons (Fsp3) is 0.423. The topological polar surface area (TPSA) is 144 Å². The predicted molar refractivity (Wildman–Crippen MR) is 136 cm³/mol. The van der Waals surface area contributed by atoms with Crippen LogP contribution in [0.4, 0.5) is 10.6 Å². The molecule has 0 aliphatic carbocycles. The molecule has 36 heavy (non-hydrogen) atoms. The Morgan fingerprint density at radius 1 is 1.08 bits per heavy atom. The van der Waals surface area contributed by atoms with Gasteiger partial charge < -0.3 is 15.4 Å². The maximum absolute atomic E-state index is 12.9. The van der Waals surface area contributed by atoms with E-state index >= 15 is 0 Å². The Hall–Kier alpha value is -3.79. The van der Waals surface area contributed by atoms with Crippen molar-refractivity contribution in [3.8, 4) is 0 Å². The average molecular weight is 497 g/mol. The van der Waals surface area contributed by atoms with Crippen LogP contribution < -0.4 is 21.5 Å². The second kappa shape index (κ2) is 13.9. The first-order valence-corrected chi connectivity index (χ1v) is 11.8. The molecule has 0 saturated carbocycles. The first-order valence-electron chi connectivity index (χ1n) is 11.8. The van der Waals surface area contributed by atoms with Gasteiger partial charge in [0.25, 0.3) is 5.91 Å². The number of nitrogens with one attached hydrogen (secondary N) is 2. The summed E-state index contributed by atoms with van der Waals surface area (Å²) in [4.78, 5) is 52.3. The van der Waals surface area contributed by atoms with Crippen LogP contribution >= 0.6 is 0 Å². The van der Waals surface area contributed by atoms with Crippen molar-refractivity contribution < 1.29 is 23.9 Å². The van der Waals surface area contributed by atoms with Gasteiger partial charge >= 0.3 is 6.09 Å².